The van der Waals surface area contributed by atoms with Crippen LogP contribution in [0.4, 0.5) is 0 Å². The first-order chi connectivity index (χ1) is 28.6. The molecule has 0 spiro atoms. The van der Waals surface area contributed by atoms with E-state index < -0.39 is 0 Å². The predicted octanol–water partition coefficient (Wildman–Crippen LogP) is 11.8. The normalized spacial score (nSPS) is 16.7. The van der Waals surface area contributed by atoms with Crippen molar-refractivity contribution in [3.05, 3.63) is 204 Å². The molecule has 3 aromatic heterocycles. The molecular weight excluding hydrogens is 709 g/mol. The first kappa shape index (κ1) is 34.0. The molecule has 0 radical (unpaired) electrons. The summed E-state index contributed by atoms with van der Waals surface area (Å²) in [5.74, 6) is 1.82. The summed E-state index contributed by atoms with van der Waals surface area (Å²) in [6.07, 6.45) is 4.87. The van der Waals surface area contributed by atoms with E-state index in [1.807, 2.05) is 12.3 Å². The lowest BCUT2D eigenvalue weighted by atomic mass is 9.83. The lowest BCUT2D eigenvalue weighted by molar-refractivity contribution is 0.381. The van der Waals surface area contributed by atoms with Gasteiger partial charge < -0.3 is 4.90 Å². The van der Waals surface area contributed by atoms with E-state index in [0.717, 1.165) is 67.8 Å². The van der Waals surface area contributed by atoms with Gasteiger partial charge in [0.1, 0.15) is 11.5 Å². The molecule has 58 heavy (non-hydrogen) atoms. The topological polar surface area (TPSA) is 50.7 Å². The van der Waals surface area contributed by atoms with Crippen molar-refractivity contribution >= 4 is 56.3 Å². The van der Waals surface area contributed by atoms with Crippen molar-refractivity contribution in [1.82, 2.24) is 19.0 Å². The third-order valence-electron chi connectivity index (χ3n) is 11.9. The van der Waals surface area contributed by atoms with Crippen LogP contribution in [0.1, 0.15) is 41.0 Å². The molecular formula is C52H40N6. The highest BCUT2D eigenvalue weighted by Gasteiger charge is 2.33. The van der Waals surface area contributed by atoms with Gasteiger partial charge in [0.05, 0.1) is 16.7 Å². The van der Waals surface area contributed by atoms with Crippen LogP contribution in [0, 0.1) is 5.92 Å². The summed E-state index contributed by atoms with van der Waals surface area (Å²) in [6, 6.07) is 60.1. The maximum atomic E-state index is 5.63. The molecule has 2 aliphatic rings. The van der Waals surface area contributed by atoms with Crippen molar-refractivity contribution in [2.45, 2.75) is 19.5 Å². The minimum atomic E-state index is -0.321. The Hall–Kier alpha value is -7.31. The number of benzene rings is 6. The highest BCUT2D eigenvalue weighted by Crippen LogP contribution is 2.45. The maximum Gasteiger partial charge on any atom is 0.234 e. The third-order valence-corrected chi connectivity index (χ3v) is 11.9. The zero-order chi connectivity index (χ0) is 38.7. The second-order valence-electron chi connectivity index (χ2n) is 15.4. The fourth-order valence-electron chi connectivity index (χ4n) is 9.17. The van der Waals surface area contributed by atoms with Crippen molar-refractivity contribution in [2.24, 2.45) is 15.9 Å². The van der Waals surface area contributed by atoms with Crippen LogP contribution in [0.3, 0.4) is 0 Å². The molecule has 0 saturated heterocycles. The highest BCUT2D eigenvalue weighted by atomic mass is 15.4. The Labute approximate surface area is 337 Å². The molecule has 0 bridgehead atoms. The summed E-state index contributed by atoms with van der Waals surface area (Å²) in [4.78, 5) is 18.5. The molecule has 6 aromatic carbocycles. The average Bonchev–Trinajstić information content (AvgIpc) is 3.80. The minimum absolute atomic E-state index is 0.308. The number of fused-ring (bicyclic) bond motifs is 7. The third kappa shape index (κ3) is 5.44. The second-order valence-corrected chi connectivity index (χ2v) is 15.4. The van der Waals surface area contributed by atoms with E-state index in [1.165, 1.54) is 27.6 Å². The first-order valence-corrected chi connectivity index (χ1v) is 20.0. The maximum absolute atomic E-state index is 5.63. The molecule has 9 aromatic rings. The van der Waals surface area contributed by atoms with Crippen molar-refractivity contribution in [3.63, 3.8) is 0 Å². The molecule has 4 heterocycles. The Balaban J connectivity index is 1.26. The van der Waals surface area contributed by atoms with E-state index in [4.69, 9.17) is 15.0 Å². The number of hydrogen-bond acceptors (Lipinski definition) is 4. The Morgan fingerprint density at radius 3 is 1.97 bits per heavy atom. The Bertz CT molecular complexity index is 3100. The molecule has 278 valence electrons. The molecule has 2 unspecified atom stereocenters. The van der Waals surface area contributed by atoms with E-state index in [1.54, 1.807) is 0 Å². The van der Waals surface area contributed by atoms with Gasteiger partial charge in [-0.1, -0.05) is 146 Å². The summed E-state index contributed by atoms with van der Waals surface area (Å²) in [6.45, 7) is 2.35. The van der Waals surface area contributed by atoms with E-state index in [0.29, 0.717) is 11.9 Å². The van der Waals surface area contributed by atoms with E-state index in [9.17, 15) is 0 Å². The van der Waals surface area contributed by atoms with Crippen LogP contribution in [0.25, 0.3) is 61.3 Å². The van der Waals surface area contributed by atoms with Crippen molar-refractivity contribution in [3.8, 4) is 16.8 Å². The van der Waals surface area contributed by atoms with Gasteiger partial charge in [0.2, 0.25) is 5.96 Å². The molecule has 0 N–H and O–H groups in total. The zero-order valence-electron chi connectivity index (χ0n) is 32.4. The van der Waals surface area contributed by atoms with Gasteiger partial charge >= 0.3 is 0 Å². The number of aliphatic imine (C=N–C) groups is 2. The van der Waals surface area contributed by atoms with Crippen LogP contribution in [0.15, 0.2) is 186 Å². The van der Waals surface area contributed by atoms with Gasteiger partial charge in [-0.05, 0) is 82.1 Å². The summed E-state index contributed by atoms with van der Waals surface area (Å²) in [7, 11) is 2.11. The van der Waals surface area contributed by atoms with Gasteiger partial charge in [0.25, 0.3) is 0 Å². The van der Waals surface area contributed by atoms with Gasteiger partial charge in [-0.2, -0.15) is 4.99 Å². The predicted molar refractivity (Wildman–Crippen MR) is 239 cm³/mol. The van der Waals surface area contributed by atoms with Crippen LogP contribution >= 0.6 is 0 Å². The lowest BCUT2D eigenvalue weighted by Crippen LogP contribution is -2.37. The molecule has 0 amide bonds. The monoisotopic (exact) mass is 748 g/mol. The Morgan fingerprint density at radius 1 is 0.569 bits per heavy atom. The second kappa shape index (κ2) is 13.7. The molecule has 6 heteroatoms. The number of aromatic nitrogens is 3. The molecule has 6 nitrogen and oxygen atoms in total. The Morgan fingerprint density at radius 2 is 1.21 bits per heavy atom. The highest BCUT2D eigenvalue weighted by molar-refractivity contribution is 6.21. The smallest absolute Gasteiger partial charge is 0.234 e. The summed E-state index contributed by atoms with van der Waals surface area (Å²) >= 11 is 0. The van der Waals surface area contributed by atoms with Crippen LogP contribution in [0.5, 0.6) is 0 Å². The number of rotatable bonds is 5. The fraction of sp³-hybridized carbons (Fsp3) is 0.0962. The number of allylic oxidation sites excluding steroid dienone is 1. The average molecular weight is 749 g/mol. The summed E-state index contributed by atoms with van der Waals surface area (Å²) < 4.78 is 4.70. The minimum Gasteiger partial charge on any atom is -0.333 e. The Kier molecular flexibility index (Phi) is 8.03. The molecule has 0 saturated carbocycles. The van der Waals surface area contributed by atoms with Crippen molar-refractivity contribution in [1.29, 1.82) is 0 Å². The molecule has 1 aliphatic heterocycles. The van der Waals surface area contributed by atoms with Gasteiger partial charge in [-0.25, -0.2) is 9.98 Å². The summed E-state index contributed by atoms with van der Waals surface area (Å²) in [5, 5.41) is 3.46. The quantitative estimate of drug-likeness (QED) is 0.176. The molecule has 1 aliphatic carbocycles. The molecule has 11 rings (SSSR count). The first-order valence-electron chi connectivity index (χ1n) is 20.0. The number of para-hydroxylation sites is 1. The number of hydrogen-bond donors (Lipinski definition) is 0. The van der Waals surface area contributed by atoms with E-state index in [-0.39, 0.29) is 6.17 Å². The molecule has 2 atom stereocenters. The van der Waals surface area contributed by atoms with E-state index in [2.05, 4.69) is 198 Å². The van der Waals surface area contributed by atoms with Crippen LogP contribution < -0.4 is 0 Å². The van der Waals surface area contributed by atoms with Crippen LogP contribution in [0.2, 0.25) is 0 Å². The number of nitrogens with zero attached hydrogens (tertiary/aromatic N) is 6. The number of pyridine rings is 1. The van der Waals surface area contributed by atoms with Gasteiger partial charge in [0.15, 0.2) is 6.17 Å². The van der Waals surface area contributed by atoms with Gasteiger partial charge in [-0.15, -0.1) is 0 Å². The lowest BCUT2D eigenvalue weighted by Gasteiger charge is -2.33. The zero-order valence-corrected chi connectivity index (χ0v) is 32.4. The standard InChI is InChI=1S/C52H40N6/c1-34-31-45-42-29-28-41-43-27-16-30-53-51(43)57(40-25-13-6-14-26-40)47(41)48(42)58(46(45)33-44(34)36-19-9-4-10-20-36)52-54-49(37-21-11-5-12-22-37)56(2)50(55-52)39-24-15-23-38(32-39)35-17-7-3-8-18-35/h3-30,32-34,49H,31H2,1-2H3. The SMILES string of the molecule is CC1Cc2c(n(C3=NC(c4ccccc4)N(C)C(c4cccc(-c5ccccc5)c4)=N3)c3c2ccc2c4cccnc4n(-c4ccccc4)c23)C=C1c1ccccc1. The summed E-state index contributed by atoms with van der Waals surface area (Å²) in [5.41, 5.74) is 13.6. The van der Waals surface area contributed by atoms with Gasteiger partial charge in [0, 0.05) is 40.7 Å². The van der Waals surface area contributed by atoms with E-state index >= 15 is 0 Å². The fourth-order valence-corrected chi connectivity index (χ4v) is 9.17. The molecule has 0 fully saturated rings. The number of amidine groups is 1. The van der Waals surface area contributed by atoms with Crippen molar-refractivity contribution < 1.29 is 0 Å². The van der Waals surface area contributed by atoms with Crippen LogP contribution in [-0.4, -0.2) is 37.9 Å². The van der Waals surface area contributed by atoms with Crippen molar-refractivity contribution in [2.75, 3.05) is 7.05 Å². The van der Waals surface area contributed by atoms with Gasteiger partial charge in [-0.3, -0.25) is 9.13 Å². The largest absolute Gasteiger partial charge is 0.333 e. The van der Waals surface area contributed by atoms with Crippen LogP contribution in [-0.2, 0) is 6.42 Å².